The summed E-state index contributed by atoms with van der Waals surface area (Å²) in [5.74, 6) is -0.191. The number of carbonyl (C=O) groups is 1. The summed E-state index contributed by atoms with van der Waals surface area (Å²) in [6.07, 6.45) is 0.748. The van der Waals surface area contributed by atoms with E-state index < -0.39 is 13.9 Å². The van der Waals surface area contributed by atoms with Crippen molar-refractivity contribution in [3.05, 3.63) is 11.0 Å². The Morgan fingerprint density at radius 2 is 1.73 bits per heavy atom. The zero-order chi connectivity index (χ0) is 11.9. The van der Waals surface area contributed by atoms with Gasteiger partial charge in [0.1, 0.15) is 5.76 Å². The first-order valence-electron chi connectivity index (χ1n) is 5.33. The first kappa shape index (κ1) is 12.3. The van der Waals surface area contributed by atoms with Gasteiger partial charge in [-0.25, -0.2) is 4.79 Å². The van der Waals surface area contributed by atoms with Crippen LogP contribution in [0.15, 0.2) is 11.0 Å². The summed E-state index contributed by atoms with van der Waals surface area (Å²) >= 11 is 0. The number of allylic oxidation sites excluding steroid dienone is 1. The standard InChI is InChI=1S/C11H20O3Si/c1-7-8-9(15(4,5)6)10(12)14-11(2,3)13-8/h7H2,1-6H3. The second-order valence-corrected chi connectivity index (χ2v) is 10.3. The molecule has 15 heavy (non-hydrogen) atoms. The number of carbonyl (C=O) groups excluding carboxylic acids is 1. The van der Waals surface area contributed by atoms with Gasteiger partial charge < -0.3 is 9.47 Å². The predicted octanol–water partition coefficient (Wildman–Crippen LogP) is 2.84. The molecule has 86 valence electrons. The molecule has 0 spiro atoms. The van der Waals surface area contributed by atoms with E-state index >= 15 is 0 Å². The highest BCUT2D eigenvalue weighted by molar-refractivity contribution is 6.87. The van der Waals surface area contributed by atoms with Gasteiger partial charge in [-0.2, -0.15) is 0 Å². The Labute approximate surface area is 92.5 Å². The van der Waals surface area contributed by atoms with Crippen LogP contribution in [0.2, 0.25) is 19.6 Å². The van der Waals surface area contributed by atoms with Crippen molar-refractivity contribution in [2.75, 3.05) is 0 Å². The van der Waals surface area contributed by atoms with Crippen molar-refractivity contribution in [2.24, 2.45) is 0 Å². The van der Waals surface area contributed by atoms with Gasteiger partial charge in [0.2, 0.25) is 5.79 Å². The van der Waals surface area contributed by atoms with Crippen LogP contribution >= 0.6 is 0 Å². The van der Waals surface area contributed by atoms with Gasteiger partial charge in [-0.1, -0.05) is 26.6 Å². The van der Waals surface area contributed by atoms with Crippen LogP contribution in [0, 0.1) is 0 Å². The molecular formula is C11H20O3Si. The molecule has 0 aromatic carbocycles. The van der Waals surface area contributed by atoms with Gasteiger partial charge in [-0.05, 0) is 0 Å². The van der Waals surface area contributed by atoms with E-state index in [1.54, 1.807) is 13.8 Å². The molecule has 0 aromatic heterocycles. The molecule has 4 heteroatoms. The van der Waals surface area contributed by atoms with Crippen molar-refractivity contribution in [1.82, 2.24) is 0 Å². The summed E-state index contributed by atoms with van der Waals surface area (Å²) < 4.78 is 11.0. The monoisotopic (exact) mass is 228 g/mol. The second kappa shape index (κ2) is 3.67. The topological polar surface area (TPSA) is 35.5 Å². The molecule has 0 N–H and O–H groups in total. The third-order valence-corrected chi connectivity index (χ3v) is 4.24. The van der Waals surface area contributed by atoms with E-state index in [-0.39, 0.29) is 5.97 Å². The van der Waals surface area contributed by atoms with Crippen molar-refractivity contribution < 1.29 is 14.3 Å². The zero-order valence-corrected chi connectivity index (χ0v) is 11.4. The summed E-state index contributed by atoms with van der Waals surface area (Å²) in [7, 11) is -1.69. The fraction of sp³-hybridized carbons (Fsp3) is 0.727. The quantitative estimate of drug-likeness (QED) is 0.538. The Kier molecular flexibility index (Phi) is 3.00. The third-order valence-electron chi connectivity index (χ3n) is 2.26. The van der Waals surface area contributed by atoms with E-state index in [1.165, 1.54) is 0 Å². The number of hydrogen-bond acceptors (Lipinski definition) is 3. The molecule has 0 bridgehead atoms. The number of hydrogen-bond donors (Lipinski definition) is 0. The van der Waals surface area contributed by atoms with Crippen LogP contribution in [-0.4, -0.2) is 19.8 Å². The Hall–Kier alpha value is -0.773. The molecule has 0 radical (unpaired) electrons. The molecule has 1 aliphatic rings. The smallest absolute Gasteiger partial charge is 0.336 e. The normalized spacial score (nSPS) is 21.1. The van der Waals surface area contributed by atoms with Gasteiger partial charge in [0, 0.05) is 20.3 Å². The fourth-order valence-electron chi connectivity index (χ4n) is 1.73. The van der Waals surface area contributed by atoms with Gasteiger partial charge in [-0.3, -0.25) is 0 Å². The molecule has 0 saturated heterocycles. The van der Waals surface area contributed by atoms with Crippen molar-refractivity contribution in [3.63, 3.8) is 0 Å². The van der Waals surface area contributed by atoms with Gasteiger partial charge in [0.05, 0.1) is 13.3 Å². The maximum atomic E-state index is 11.9. The number of cyclic esters (lactones) is 1. The Morgan fingerprint density at radius 1 is 1.20 bits per heavy atom. The van der Waals surface area contributed by atoms with Crippen LogP contribution < -0.4 is 0 Å². The molecule has 0 aromatic rings. The highest BCUT2D eigenvalue weighted by Gasteiger charge is 2.40. The van der Waals surface area contributed by atoms with Crippen LogP contribution in [0.25, 0.3) is 0 Å². The fourth-order valence-corrected chi connectivity index (χ4v) is 3.46. The molecule has 1 rings (SSSR count). The van der Waals surface area contributed by atoms with Gasteiger partial charge in [0.15, 0.2) is 0 Å². The Morgan fingerprint density at radius 3 is 2.13 bits per heavy atom. The van der Waals surface area contributed by atoms with Crippen LogP contribution in [0.1, 0.15) is 27.2 Å². The van der Waals surface area contributed by atoms with Crippen LogP contribution in [0.5, 0.6) is 0 Å². The van der Waals surface area contributed by atoms with Crippen molar-refractivity contribution in [3.8, 4) is 0 Å². The van der Waals surface area contributed by atoms with E-state index in [2.05, 4.69) is 19.6 Å². The second-order valence-electron chi connectivity index (χ2n) is 5.29. The highest BCUT2D eigenvalue weighted by atomic mass is 28.3. The molecule has 0 aliphatic carbocycles. The first-order valence-corrected chi connectivity index (χ1v) is 8.83. The summed E-state index contributed by atoms with van der Waals surface area (Å²) in [5.41, 5.74) is 0. The maximum Gasteiger partial charge on any atom is 0.336 e. The Balaban J connectivity index is 3.19. The lowest BCUT2D eigenvalue weighted by atomic mass is 10.3. The molecule has 1 heterocycles. The minimum atomic E-state index is -1.69. The first-order chi connectivity index (χ1) is 6.67. The SMILES string of the molecule is CCC1=C([Si](C)(C)C)C(=O)OC(C)(C)O1. The van der Waals surface area contributed by atoms with Crippen LogP contribution in [-0.2, 0) is 14.3 Å². The molecular weight excluding hydrogens is 208 g/mol. The lowest BCUT2D eigenvalue weighted by Crippen LogP contribution is -2.43. The average Bonchev–Trinajstić information content (AvgIpc) is 1.97. The lowest BCUT2D eigenvalue weighted by molar-refractivity contribution is -0.207. The minimum Gasteiger partial charge on any atom is -0.457 e. The summed E-state index contributed by atoms with van der Waals surface area (Å²) in [6, 6.07) is 0. The molecule has 0 saturated carbocycles. The third kappa shape index (κ3) is 2.62. The van der Waals surface area contributed by atoms with Crippen LogP contribution in [0.4, 0.5) is 0 Å². The molecule has 3 nitrogen and oxygen atoms in total. The van der Waals surface area contributed by atoms with Gasteiger partial charge in [0.25, 0.3) is 0 Å². The number of ether oxygens (including phenoxy) is 2. The lowest BCUT2D eigenvalue weighted by Gasteiger charge is -2.36. The molecule has 0 atom stereocenters. The van der Waals surface area contributed by atoms with Crippen molar-refractivity contribution in [1.29, 1.82) is 0 Å². The van der Waals surface area contributed by atoms with E-state index in [9.17, 15) is 4.79 Å². The highest BCUT2D eigenvalue weighted by Crippen LogP contribution is 2.32. The largest absolute Gasteiger partial charge is 0.457 e. The summed E-state index contributed by atoms with van der Waals surface area (Å²) in [5, 5.41) is 0.796. The Bertz CT molecular complexity index is 310. The predicted molar refractivity (Wildman–Crippen MR) is 61.9 cm³/mol. The molecule has 0 amide bonds. The van der Waals surface area contributed by atoms with E-state index in [1.807, 2.05) is 6.92 Å². The average molecular weight is 228 g/mol. The summed E-state index contributed by atoms with van der Waals surface area (Å²) in [6.45, 7) is 11.9. The number of rotatable bonds is 2. The van der Waals surface area contributed by atoms with Crippen molar-refractivity contribution in [2.45, 2.75) is 52.6 Å². The molecule has 1 aliphatic heterocycles. The maximum absolute atomic E-state index is 11.9. The minimum absolute atomic E-state index is 0.192. The van der Waals surface area contributed by atoms with Crippen molar-refractivity contribution >= 4 is 14.0 Å². The zero-order valence-electron chi connectivity index (χ0n) is 10.4. The summed E-state index contributed by atoms with van der Waals surface area (Å²) in [4.78, 5) is 11.9. The number of esters is 1. The molecule has 0 unspecified atom stereocenters. The molecule has 0 fully saturated rings. The van der Waals surface area contributed by atoms with Gasteiger partial charge >= 0.3 is 5.97 Å². The van der Waals surface area contributed by atoms with E-state index in [0.717, 1.165) is 17.4 Å². The van der Waals surface area contributed by atoms with Crippen LogP contribution in [0.3, 0.4) is 0 Å². The van der Waals surface area contributed by atoms with Gasteiger partial charge in [-0.15, -0.1) is 0 Å². The van der Waals surface area contributed by atoms with E-state index in [0.29, 0.717) is 0 Å². The van der Waals surface area contributed by atoms with E-state index in [4.69, 9.17) is 9.47 Å².